The fourth-order valence-electron chi connectivity index (χ4n) is 2.47. The van der Waals surface area contributed by atoms with E-state index in [9.17, 15) is 0 Å². The van der Waals surface area contributed by atoms with Gasteiger partial charge in [-0.25, -0.2) is 0 Å². The number of hydrogen-bond donors (Lipinski definition) is 2. The highest BCUT2D eigenvalue weighted by atomic mass is 35.5. The molecule has 0 amide bonds. The number of hydrogen-bond acceptors (Lipinski definition) is 5. The van der Waals surface area contributed by atoms with Crippen LogP contribution in [0.4, 0.5) is 17.5 Å². The van der Waals surface area contributed by atoms with Crippen LogP contribution in [0.3, 0.4) is 0 Å². The molecule has 2 aromatic carbocycles. The number of halogens is 1. The van der Waals surface area contributed by atoms with Gasteiger partial charge in [0.25, 0.3) is 0 Å². The summed E-state index contributed by atoms with van der Waals surface area (Å²) < 4.78 is 0. The Morgan fingerprint density at radius 1 is 1.08 bits per heavy atom. The van der Waals surface area contributed by atoms with Gasteiger partial charge in [0.05, 0.1) is 6.20 Å². The zero-order valence-electron chi connectivity index (χ0n) is 14.3. The van der Waals surface area contributed by atoms with Crippen LogP contribution < -0.4 is 10.6 Å². The predicted octanol–water partition coefficient (Wildman–Crippen LogP) is 4.54. The van der Waals surface area contributed by atoms with Crippen LogP contribution in [0.1, 0.15) is 16.7 Å². The Bertz CT molecular complexity index is 866. The third kappa shape index (κ3) is 4.67. The molecule has 0 radical (unpaired) electrons. The summed E-state index contributed by atoms with van der Waals surface area (Å²) in [5.74, 6) is 1.16. The van der Waals surface area contributed by atoms with E-state index < -0.39 is 0 Å². The zero-order chi connectivity index (χ0) is 17.6. The van der Waals surface area contributed by atoms with Gasteiger partial charge in [0, 0.05) is 17.3 Å². The fourth-order valence-corrected chi connectivity index (χ4v) is 2.69. The molecule has 5 nitrogen and oxygen atoms in total. The summed E-state index contributed by atoms with van der Waals surface area (Å²) in [5, 5.41) is 15.3. The van der Waals surface area contributed by atoms with Crippen LogP contribution in [0.15, 0.2) is 48.7 Å². The standard InChI is InChI=1S/C19H20ClN5/c1-13-5-3-8-17(14(13)2)23-18-12-22-25-19(24-18)21-10-9-15-6-4-7-16(20)11-15/h3-8,11-12H,9-10H2,1-2H3,(H2,21,23,24,25). The maximum absolute atomic E-state index is 6.00. The number of aromatic nitrogens is 3. The van der Waals surface area contributed by atoms with E-state index in [1.165, 1.54) is 11.1 Å². The molecule has 0 aliphatic heterocycles. The lowest BCUT2D eigenvalue weighted by Crippen LogP contribution is -2.10. The Kier molecular flexibility index (Phi) is 5.46. The highest BCUT2D eigenvalue weighted by Gasteiger charge is 2.04. The van der Waals surface area contributed by atoms with Crippen molar-refractivity contribution in [3.63, 3.8) is 0 Å². The van der Waals surface area contributed by atoms with Gasteiger partial charge in [-0.15, -0.1) is 5.10 Å². The molecule has 6 heteroatoms. The predicted molar refractivity (Wildman–Crippen MR) is 103 cm³/mol. The van der Waals surface area contributed by atoms with Crippen molar-refractivity contribution in [1.82, 2.24) is 15.2 Å². The molecule has 0 fully saturated rings. The Morgan fingerprint density at radius 2 is 1.92 bits per heavy atom. The molecule has 0 aliphatic carbocycles. The third-order valence-electron chi connectivity index (χ3n) is 4.01. The van der Waals surface area contributed by atoms with Crippen LogP contribution in [-0.4, -0.2) is 21.7 Å². The molecular formula is C19H20ClN5. The molecule has 25 heavy (non-hydrogen) atoms. The highest BCUT2D eigenvalue weighted by molar-refractivity contribution is 6.30. The van der Waals surface area contributed by atoms with E-state index in [1.807, 2.05) is 36.4 Å². The Labute approximate surface area is 152 Å². The van der Waals surface area contributed by atoms with Crippen LogP contribution in [0.2, 0.25) is 5.02 Å². The smallest absolute Gasteiger partial charge is 0.244 e. The van der Waals surface area contributed by atoms with Gasteiger partial charge in [0.15, 0.2) is 5.82 Å². The summed E-state index contributed by atoms with van der Waals surface area (Å²) in [5.41, 5.74) is 4.60. The number of nitrogens with one attached hydrogen (secondary N) is 2. The molecule has 128 valence electrons. The maximum atomic E-state index is 6.00. The van der Waals surface area contributed by atoms with E-state index in [1.54, 1.807) is 6.20 Å². The molecule has 0 unspecified atom stereocenters. The lowest BCUT2D eigenvalue weighted by Gasteiger charge is -2.11. The largest absolute Gasteiger partial charge is 0.353 e. The second-order valence-corrected chi connectivity index (χ2v) is 6.28. The lowest BCUT2D eigenvalue weighted by molar-refractivity contribution is 0.929. The van der Waals surface area contributed by atoms with Gasteiger partial charge in [-0.05, 0) is 55.2 Å². The van der Waals surface area contributed by atoms with Gasteiger partial charge in [0.1, 0.15) is 0 Å². The first-order valence-corrected chi connectivity index (χ1v) is 8.51. The van der Waals surface area contributed by atoms with Crippen LogP contribution in [0.25, 0.3) is 0 Å². The molecule has 0 saturated carbocycles. The summed E-state index contributed by atoms with van der Waals surface area (Å²) in [6, 6.07) is 14.0. The molecule has 3 rings (SSSR count). The fraction of sp³-hybridized carbons (Fsp3) is 0.211. The molecule has 0 saturated heterocycles. The van der Waals surface area contributed by atoms with Gasteiger partial charge in [-0.1, -0.05) is 35.9 Å². The number of nitrogens with zero attached hydrogens (tertiary/aromatic N) is 3. The molecule has 2 N–H and O–H groups in total. The van der Waals surface area contributed by atoms with E-state index >= 15 is 0 Å². The van der Waals surface area contributed by atoms with Crippen LogP contribution in [0, 0.1) is 13.8 Å². The van der Waals surface area contributed by atoms with Crippen molar-refractivity contribution in [3.05, 3.63) is 70.4 Å². The van der Waals surface area contributed by atoms with Crippen molar-refractivity contribution >= 4 is 29.1 Å². The number of anilines is 3. The van der Waals surface area contributed by atoms with Crippen molar-refractivity contribution in [3.8, 4) is 0 Å². The molecule has 1 heterocycles. The van der Waals surface area contributed by atoms with Crippen molar-refractivity contribution in [1.29, 1.82) is 0 Å². The summed E-state index contributed by atoms with van der Waals surface area (Å²) in [7, 11) is 0. The molecule has 1 aromatic heterocycles. The van der Waals surface area contributed by atoms with E-state index in [2.05, 4.69) is 45.7 Å². The average Bonchev–Trinajstić information content (AvgIpc) is 2.60. The monoisotopic (exact) mass is 353 g/mol. The van der Waals surface area contributed by atoms with E-state index in [0.717, 1.165) is 22.7 Å². The minimum Gasteiger partial charge on any atom is -0.353 e. The Balaban J connectivity index is 1.62. The summed E-state index contributed by atoms with van der Waals surface area (Å²) >= 11 is 6.00. The maximum Gasteiger partial charge on any atom is 0.244 e. The number of aryl methyl sites for hydroxylation is 1. The second kappa shape index (κ2) is 7.94. The summed E-state index contributed by atoms with van der Waals surface area (Å²) in [4.78, 5) is 4.47. The van der Waals surface area contributed by atoms with Crippen molar-refractivity contribution in [2.45, 2.75) is 20.3 Å². The molecule has 0 atom stereocenters. The van der Waals surface area contributed by atoms with Gasteiger partial charge < -0.3 is 10.6 Å². The Morgan fingerprint density at radius 3 is 2.76 bits per heavy atom. The quantitative estimate of drug-likeness (QED) is 0.681. The first kappa shape index (κ1) is 17.2. The minimum absolute atomic E-state index is 0.498. The van der Waals surface area contributed by atoms with Crippen LogP contribution in [0.5, 0.6) is 0 Å². The molecule has 0 spiro atoms. The summed E-state index contributed by atoms with van der Waals surface area (Å²) in [6.45, 7) is 4.87. The molecular weight excluding hydrogens is 334 g/mol. The van der Waals surface area contributed by atoms with E-state index in [0.29, 0.717) is 18.3 Å². The van der Waals surface area contributed by atoms with Crippen LogP contribution in [-0.2, 0) is 6.42 Å². The van der Waals surface area contributed by atoms with Crippen molar-refractivity contribution < 1.29 is 0 Å². The number of rotatable bonds is 6. The van der Waals surface area contributed by atoms with Crippen molar-refractivity contribution in [2.75, 3.05) is 17.2 Å². The van der Waals surface area contributed by atoms with Crippen LogP contribution >= 0.6 is 11.6 Å². The molecule has 3 aromatic rings. The minimum atomic E-state index is 0.498. The van der Waals surface area contributed by atoms with Gasteiger partial charge in [0.2, 0.25) is 5.95 Å². The van der Waals surface area contributed by atoms with E-state index in [-0.39, 0.29) is 0 Å². The van der Waals surface area contributed by atoms with Gasteiger partial charge >= 0.3 is 0 Å². The zero-order valence-corrected chi connectivity index (χ0v) is 15.0. The lowest BCUT2D eigenvalue weighted by atomic mass is 10.1. The summed E-state index contributed by atoms with van der Waals surface area (Å²) in [6.07, 6.45) is 2.45. The number of benzene rings is 2. The molecule has 0 aliphatic rings. The first-order valence-electron chi connectivity index (χ1n) is 8.13. The SMILES string of the molecule is Cc1cccc(Nc2cnnc(NCCc3cccc(Cl)c3)n2)c1C. The normalized spacial score (nSPS) is 10.5. The Hall–Kier alpha value is -2.66. The van der Waals surface area contributed by atoms with Crippen molar-refractivity contribution in [2.24, 2.45) is 0 Å². The average molecular weight is 354 g/mol. The van der Waals surface area contributed by atoms with E-state index in [4.69, 9.17) is 11.6 Å². The highest BCUT2D eigenvalue weighted by Crippen LogP contribution is 2.21. The van der Waals surface area contributed by atoms with Gasteiger partial charge in [-0.3, -0.25) is 0 Å². The first-order chi connectivity index (χ1) is 12.1. The third-order valence-corrected chi connectivity index (χ3v) is 4.25. The van der Waals surface area contributed by atoms with Gasteiger partial charge in [-0.2, -0.15) is 10.1 Å². The topological polar surface area (TPSA) is 62.7 Å². The molecule has 0 bridgehead atoms. The second-order valence-electron chi connectivity index (χ2n) is 5.84.